The van der Waals surface area contributed by atoms with Crippen molar-refractivity contribution in [2.45, 2.75) is 52.7 Å². The summed E-state index contributed by atoms with van der Waals surface area (Å²) in [7, 11) is 0. The minimum absolute atomic E-state index is 0.134. The van der Waals surface area contributed by atoms with Crippen LogP contribution in [0.15, 0.2) is 24.4 Å². The van der Waals surface area contributed by atoms with E-state index in [9.17, 15) is 9.59 Å². The molecule has 0 saturated heterocycles. The smallest absolute Gasteiger partial charge is 0.407 e. The molecule has 0 radical (unpaired) electrons. The van der Waals surface area contributed by atoms with Gasteiger partial charge in [-0.2, -0.15) is 0 Å². The van der Waals surface area contributed by atoms with Crippen LogP contribution >= 0.6 is 0 Å². The summed E-state index contributed by atoms with van der Waals surface area (Å²) < 4.78 is 5.12. The number of aromatic nitrogens is 1. The number of hydrogen-bond donors (Lipinski definition) is 2. The second kappa shape index (κ2) is 8.50. The Labute approximate surface area is 138 Å². The lowest BCUT2D eigenvalue weighted by molar-refractivity contribution is -0.122. The van der Waals surface area contributed by atoms with E-state index < -0.39 is 11.7 Å². The maximum atomic E-state index is 12.1. The lowest BCUT2D eigenvalue weighted by Crippen LogP contribution is -2.37. The zero-order valence-electron chi connectivity index (χ0n) is 14.6. The first kappa shape index (κ1) is 18.9. The number of carbonyl (C=O) groups excluding carboxylic acids is 2. The van der Waals surface area contributed by atoms with E-state index in [1.807, 2.05) is 32.0 Å². The number of nitrogens with zero attached hydrogens (tertiary/aromatic N) is 1. The number of nitrogens with one attached hydrogen (secondary N) is 2. The summed E-state index contributed by atoms with van der Waals surface area (Å²) in [4.78, 5) is 27.9. The third kappa shape index (κ3) is 7.63. The molecule has 1 aromatic heterocycles. The summed E-state index contributed by atoms with van der Waals surface area (Å²) in [6.07, 6.45) is 1.38. The topological polar surface area (TPSA) is 80.3 Å². The van der Waals surface area contributed by atoms with Crippen molar-refractivity contribution in [3.8, 4) is 0 Å². The Balaban J connectivity index is 2.44. The zero-order valence-corrected chi connectivity index (χ0v) is 14.6. The van der Waals surface area contributed by atoms with Gasteiger partial charge in [-0.05, 0) is 38.8 Å². The first-order valence-electron chi connectivity index (χ1n) is 7.86. The summed E-state index contributed by atoms with van der Waals surface area (Å²) in [5, 5.41) is 5.54. The number of hydrogen-bond acceptors (Lipinski definition) is 4. The first-order chi connectivity index (χ1) is 10.7. The Morgan fingerprint density at radius 2 is 1.96 bits per heavy atom. The SMILES string of the molecule is CC(C)C(NC(=O)CCNC(=O)OC(C)(C)C)c1ccccn1. The van der Waals surface area contributed by atoms with Crippen LogP contribution in [0.1, 0.15) is 52.8 Å². The summed E-state index contributed by atoms with van der Waals surface area (Å²) in [5.41, 5.74) is 0.282. The van der Waals surface area contributed by atoms with Crippen LogP contribution in [-0.2, 0) is 9.53 Å². The Morgan fingerprint density at radius 1 is 1.26 bits per heavy atom. The highest BCUT2D eigenvalue weighted by Gasteiger charge is 2.20. The molecule has 0 bridgehead atoms. The van der Waals surface area contributed by atoms with Crippen LogP contribution in [0.5, 0.6) is 0 Å². The van der Waals surface area contributed by atoms with Crippen molar-refractivity contribution in [1.29, 1.82) is 0 Å². The van der Waals surface area contributed by atoms with Gasteiger partial charge >= 0.3 is 6.09 Å². The van der Waals surface area contributed by atoms with E-state index in [1.165, 1.54) is 0 Å². The highest BCUT2D eigenvalue weighted by atomic mass is 16.6. The van der Waals surface area contributed by atoms with E-state index in [2.05, 4.69) is 15.6 Å². The molecule has 0 aliphatic heterocycles. The molecule has 1 heterocycles. The third-order valence-corrected chi connectivity index (χ3v) is 3.01. The predicted molar refractivity (Wildman–Crippen MR) is 88.8 cm³/mol. The summed E-state index contributed by atoms with van der Waals surface area (Å²) in [6, 6.07) is 5.48. The molecule has 2 N–H and O–H groups in total. The molecule has 1 rings (SSSR count). The molecule has 1 unspecified atom stereocenters. The molecule has 23 heavy (non-hydrogen) atoms. The van der Waals surface area contributed by atoms with E-state index in [1.54, 1.807) is 27.0 Å². The van der Waals surface area contributed by atoms with Gasteiger partial charge in [0.2, 0.25) is 5.91 Å². The second-order valence-corrected chi connectivity index (χ2v) is 6.72. The molecule has 2 amide bonds. The highest BCUT2D eigenvalue weighted by molar-refractivity contribution is 5.77. The van der Waals surface area contributed by atoms with Crippen molar-refractivity contribution in [1.82, 2.24) is 15.6 Å². The van der Waals surface area contributed by atoms with E-state index in [0.29, 0.717) is 0 Å². The van der Waals surface area contributed by atoms with Gasteiger partial charge in [0.05, 0.1) is 11.7 Å². The van der Waals surface area contributed by atoms with E-state index in [0.717, 1.165) is 5.69 Å². The molecule has 0 saturated carbocycles. The number of carbonyl (C=O) groups is 2. The number of ether oxygens (including phenoxy) is 1. The largest absolute Gasteiger partial charge is 0.444 e. The molecule has 0 aromatic carbocycles. The Bertz CT molecular complexity index is 510. The van der Waals surface area contributed by atoms with Gasteiger partial charge in [-0.15, -0.1) is 0 Å². The van der Waals surface area contributed by atoms with Gasteiger partial charge in [0.15, 0.2) is 0 Å². The number of pyridine rings is 1. The lowest BCUT2D eigenvalue weighted by Gasteiger charge is -2.22. The molecule has 1 aromatic rings. The zero-order chi connectivity index (χ0) is 17.5. The Kier molecular flexibility index (Phi) is 7.00. The van der Waals surface area contributed by atoms with E-state index >= 15 is 0 Å². The van der Waals surface area contributed by atoms with Crippen LogP contribution in [0.25, 0.3) is 0 Å². The molecular formula is C17H27N3O3. The van der Waals surface area contributed by atoms with Crippen molar-refractivity contribution in [2.75, 3.05) is 6.54 Å². The van der Waals surface area contributed by atoms with E-state index in [4.69, 9.17) is 4.74 Å². The predicted octanol–water partition coefficient (Wildman–Crippen LogP) is 2.81. The average Bonchev–Trinajstić information content (AvgIpc) is 2.43. The number of rotatable bonds is 6. The second-order valence-electron chi connectivity index (χ2n) is 6.72. The van der Waals surface area contributed by atoms with Crippen molar-refractivity contribution < 1.29 is 14.3 Å². The Morgan fingerprint density at radius 3 is 2.48 bits per heavy atom. The van der Waals surface area contributed by atoms with Crippen LogP contribution in [0, 0.1) is 5.92 Å². The highest BCUT2D eigenvalue weighted by Crippen LogP contribution is 2.19. The van der Waals surface area contributed by atoms with Gasteiger partial charge in [-0.25, -0.2) is 4.79 Å². The summed E-state index contributed by atoms with van der Waals surface area (Å²) in [6.45, 7) is 9.66. The number of alkyl carbamates (subject to hydrolysis) is 1. The number of amides is 2. The monoisotopic (exact) mass is 321 g/mol. The molecule has 0 spiro atoms. The fourth-order valence-electron chi connectivity index (χ4n) is 1.98. The van der Waals surface area contributed by atoms with Gasteiger partial charge < -0.3 is 15.4 Å². The summed E-state index contributed by atoms with van der Waals surface area (Å²) in [5.74, 6) is 0.0816. The van der Waals surface area contributed by atoms with Gasteiger partial charge in [0, 0.05) is 19.2 Å². The fourth-order valence-corrected chi connectivity index (χ4v) is 1.98. The van der Waals surface area contributed by atoms with Crippen LogP contribution in [-0.4, -0.2) is 29.1 Å². The van der Waals surface area contributed by atoms with Gasteiger partial charge in [0.25, 0.3) is 0 Å². The minimum Gasteiger partial charge on any atom is -0.444 e. The van der Waals surface area contributed by atoms with Crippen molar-refractivity contribution in [3.05, 3.63) is 30.1 Å². The molecule has 0 fully saturated rings. The van der Waals surface area contributed by atoms with Crippen LogP contribution in [0.3, 0.4) is 0 Å². The maximum Gasteiger partial charge on any atom is 0.407 e. The lowest BCUT2D eigenvalue weighted by atomic mass is 10.00. The maximum absolute atomic E-state index is 12.1. The molecule has 0 aliphatic rings. The molecule has 6 nitrogen and oxygen atoms in total. The minimum atomic E-state index is -0.548. The molecule has 6 heteroatoms. The van der Waals surface area contributed by atoms with E-state index in [-0.39, 0.29) is 30.8 Å². The molecule has 1 atom stereocenters. The quantitative estimate of drug-likeness (QED) is 0.844. The molecule has 128 valence electrons. The third-order valence-electron chi connectivity index (χ3n) is 3.01. The van der Waals surface area contributed by atoms with Gasteiger partial charge in [-0.1, -0.05) is 19.9 Å². The van der Waals surface area contributed by atoms with Crippen LogP contribution in [0.2, 0.25) is 0 Å². The molecular weight excluding hydrogens is 294 g/mol. The summed E-state index contributed by atoms with van der Waals surface area (Å²) >= 11 is 0. The van der Waals surface area contributed by atoms with Crippen molar-refractivity contribution in [2.24, 2.45) is 5.92 Å². The average molecular weight is 321 g/mol. The van der Waals surface area contributed by atoms with Gasteiger partial charge in [-0.3, -0.25) is 9.78 Å². The molecule has 0 aliphatic carbocycles. The van der Waals surface area contributed by atoms with Gasteiger partial charge in [0.1, 0.15) is 5.60 Å². The Hall–Kier alpha value is -2.11. The fraction of sp³-hybridized carbons (Fsp3) is 0.588. The van der Waals surface area contributed by atoms with Crippen molar-refractivity contribution in [3.63, 3.8) is 0 Å². The van der Waals surface area contributed by atoms with Crippen LogP contribution < -0.4 is 10.6 Å². The first-order valence-corrected chi connectivity index (χ1v) is 7.86. The normalized spacial score (nSPS) is 12.6. The standard InChI is InChI=1S/C17H27N3O3/c1-12(2)15(13-8-6-7-10-18-13)20-14(21)9-11-19-16(22)23-17(3,4)5/h6-8,10,12,15H,9,11H2,1-5H3,(H,19,22)(H,20,21). The van der Waals surface area contributed by atoms with Crippen LogP contribution in [0.4, 0.5) is 4.79 Å². The van der Waals surface area contributed by atoms with Crippen molar-refractivity contribution >= 4 is 12.0 Å².